The van der Waals surface area contributed by atoms with Gasteiger partial charge >= 0.3 is 0 Å². The van der Waals surface area contributed by atoms with Crippen molar-refractivity contribution >= 4 is 39.1 Å². The van der Waals surface area contributed by atoms with Gasteiger partial charge in [-0.2, -0.15) is 0 Å². The average molecular weight is 370 g/mol. The second-order valence-electron chi connectivity index (χ2n) is 4.73. The molecule has 7 heteroatoms. The largest absolute Gasteiger partial charge is 0.367 e. The van der Waals surface area contributed by atoms with Crippen LogP contribution in [0.3, 0.4) is 0 Å². The Kier molecular flexibility index (Phi) is 4.49. The first-order valence-corrected chi connectivity index (χ1v) is 7.33. The van der Waals surface area contributed by atoms with Gasteiger partial charge in [-0.05, 0) is 48.0 Å². The van der Waals surface area contributed by atoms with Crippen LogP contribution < -0.4 is 11.1 Å². The lowest BCUT2D eigenvalue weighted by Crippen LogP contribution is -2.46. The lowest BCUT2D eigenvalue weighted by Gasteiger charge is -2.29. The van der Waals surface area contributed by atoms with E-state index in [1.165, 1.54) is 6.20 Å². The van der Waals surface area contributed by atoms with E-state index in [9.17, 15) is 4.79 Å². The molecule has 0 spiro atoms. The summed E-state index contributed by atoms with van der Waals surface area (Å²) >= 11 is 9.31. The maximum Gasteiger partial charge on any atom is 0.249 e. The van der Waals surface area contributed by atoms with Gasteiger partial charge in [-0.3, -0.25) is 14.8 Å². The van der Waals surface area contributed by atoms with Crippen molar-refractivity contribution < 1.29 is 4.79 Å². The number of nitrogens with one attached hydrogen (secondary N) is 1. The first-order chi connectivity index (χ1) is 9.84. The quantitative estimate of drug-likeness (QED) is 0.868. The summed E-state index contributed by atoms with van der Waals surface area (Å²) in [6.07, 6.45) is 3.10. The number of carbonyl (C=O) groups is 1. The van der Waals surface area contributed by atoms with Crippen molar-refractivity contribution in [2.75, 3.05) is 5.32 Å². The molecule has 3 N–H and O–H groups in total. The highest BCUT2D eigenvalue weighted by atomic mass is 79.9. The Morgan fingerprint density at radius 2 is 2.05 bits per heavy atom. The molecule has 1 heterocycles. The summed E-state index contributed by atoms with van der Waals surface area (Å²) in [5.41, 5.74) is 6.23. The summed E-state index contributed by atoms with van der Waals surface area (Å²) in [5, 5.41) is 3.69. The molecule has 0 radical (unpaired) electrons. The van der Waals surface area contributed by atoms with Crippen molar-refractivity contribution in [3.8, 4) is 0 Å². The number of hydrogen-bond acceptors (Lipinski definition) is 4. The van der Waals surface area contributed by atoms with E-state index in [0.717, 1.165) is 4.47 Å². The second kappa shape index (κ2) is 5.99. The Morgan fingerprint density at radius 1 is 1.38 bits per heavy atom. The zero-order valence-electron chi connectivity index (χ0n) is 11.5. The number of amides is 1. The Morgan fingerprint density at radius 3 is 2.62 bits per heavy atom. The van der Waals surface area contributed by atoms with Crippen LogP contribution in [0.25, 0.3) is 0 Å². The third kappa shape index (κ3) is 3.16. The van der Waals surface area contributed by atoms with Crippen LogP contribution in [0.1, 0.15) is 18.3 Å². The number of halogens is 2. The van der Waals surface area contributed by atoms with E-state index in [1.807, 2.05) is 0 Å². The first kappa shape index (κ1) is 15.7. The number of primary amides is 1. The summed E-state index contributed by atoms with van der Waals surface area (Å²) in [4.78, 5) is 20.4. The van der Waals surface area contributed by atoms with Crippen molar-refractivity contribution in [1.82, 2.24) is 9.97 Å². The fourth-order valence-electron chi connectivity index (χ4n) is 2.00. The van der Waals surface area contributed by atoms with Crippen LogP contribution in [0, 0.1) is 6.92 Å². The van der Waals surface area contributed by atoms with Crippen LogP contribution in [0.15, 0.2) is 35.1 Å². The van der Waals surface area contributed by atoms with E-state index in [0.29, 0.717) is 22.1 Å². The highest BCUT2D eigenvalue weighted by molar-refractivity contribution is 9.10. The molecule has 1 aromatic carbocycles. The van der Waals surface area contributed by atoms with E-state index in [4.69, 9.17) is 17.3 Å². The van der Waals surface area contributed by atoms with Gasteiger partial charge in [0.15, 0.2) is 5.54 Å². The van der Waals surface area contributed by atoms with Gasteiger partial charge < -0.3 is 11.1 Å². The summed E-state index contributed by atoms with van der Waals surface area (Å²) in [6.45, 7) is 3.46. The predicted octanol–water partition coefficient (Wildman–Crippen LogP) is 3.01. The van der Waals surface area contributed by atoms with Gasteiger partial charge in [-0.1, -0.05) is 11.6 Å². The summed E-state index contributed by atoms with van der Waals surface area (Å²) in [7, 11) is 0. The Balaban J connectivity index is 2.46. The molecule has 0 bridgehead atoms. The Bertz CT molecular complexity index is 694. The lowest BCUT2D eigenvalue weighted by atomic mass is 9.94. The molecule has 5 nitrogen and oxygen atoms in total. The molecule has 110 valence electrons. The number of aryl methyl sites for hydroxylation is 1. The number of rotatable bonds is 4. The molecular weight excluding hydrogens is 356 g/mol. The molecule has 0 saturated heterocycles. The molecule has 1 atom stereocenters. The van der Waals surface area contributed by atoms with Crippen LogP contribution in [0.2, 0.25) is 5.02 Å². The number of benzene rings is 1. The molecule has 0 aliphatic carbocycles. The molecule has 1 aromatic heterocycles. The molecule has 2 aromatic rings. The number of hydrogen-bond donors (Lipinski definition) is 2. The average Bonchev–Trinajstić information content (AvgIpc) is 2.43. The van der Waals surface area contributed by atoms with E-state index < -0.39 is 11.4 Å². The maximum atomic E-state index is 12.0. The zero-order valence-corrected chi connectivity index (χ0v) is 13.9. The molecule has 1 unspecified atom stereocenters. The minimum absolute atomic E-state index is 0.489. The van der Waals surface area contributed by atoms with Crippen LogP contribution in [-0.4, -0.2) is 15.9 Å². The molecule has 0 fully saturated rings. The van der Waals surface area contributed by atoms with Gasteiger partial charge in [0.1, 0.15) is 0 Å². The van der Waals surface area contributed by atoms with Crippen LogP contribution in [0.4, 0.5) is 5.69 Å². The second-order valence-corrected chi connectivity index (χ2v) is 6.00. The number of anilines is 1. The maximum absolute atomic E-state index is 12.0. The van der Waals surface area contributed by atoms with Crippen LogP contribution >= 0.6 is 27.5 Å². The summed E-state index contributed by atoms with van der Waals surface area (Å²) < 4.78 is 0.719. The minimum atomic E-state index is -1.17. The third-order valence-electron chi connectivity index (χ3n) is 3.16. The van der Waals surface area contributed by atoms with Crippen LogP contribution in [-0.2, 0) is 10.3 Å². The molecule has 0 aliphatic heterocycles. The van der Waals surface area contributed by atoms with E-state index in [2.05, 4.69) is 31.2 Å². The molecule has 0 saturated carbocycles. The molecule has 0 aliphatic rings. The zero-order chi connectivity index (χ0) is 15.6. The molecular formula is C14H14BrClN4O. The SMILES string of the molecule is Cc1nccnc1C(C)(Nc1ccc(Cl)c(Br)c1)C(N)=O. The normalized spacial score (nSPS) is 13.5. The molecule has 1 amide bonds. The summed E-state index contributed by atoms with van der Waals surface area (Å²) in [5.74, 6) is -0.544. The van der Waals surface area contributed by atoms with E-state index >= 15 is 0 Å². The van der Waals surface area contributed by atoms with E-state index in [-0.39, 0.29) is 0 Å². The number of aromatic nitrogens is 2. The van der Waals surface area contributed by atoms with Crippen molar-refractivity contribution in [3.05, 3.63) is 51.5 Å². The first-order valence-electron chi connectivity index (χ1n) is 6.16. The summed E-state index contributed by atoms with van der Waals surface area (Å²) in [6, 6.07) is 5.26. The van der Waals surface area contributed by atoms with E-state index in [1.54, 1.807) is 38.2 Å². The smallest absolute Gasteiger partial charge is 0.249 e. The highest BCUT2D eigenvalue weighted by Gasteiger charge is 2.36. The fraction of sp³-hybridized carbons (Fsp3) is 0.214. The highest BCUT2D eigenvalue weighted by Crippen LogP contribution is 2.30. The minimum Gasteiger partial charge on any atom is -0.367 e. The Hall–Kier alpha value is -1.66. The topological polar surface area (TPSA) is 80.9 Å². The van der Waals surface area contributed by atoms with Gasteiger partial charge in [0.25, 0.3) is 0 Å². The third-order valence-corrected chi connectivity index (χ3v) is 4.38. The monoisotopic (exact) mass is 368 g/mol. The number of nitrogens with zero attached hydrogens (tertiary/aromatic N) is 2. The lowest BCUT2D eigenvalue weighted by molar-refractivity contribution is -0.122. The van der Waals surface area contributed by atoms with Crippen LogP contribution in [0.5, 0.6) is 0 Å². The van der Waals surface area contributed by atoms with Gasteiger partial charge in [0.05, 0.1) is 16.4 Å². The number of nitrogens with two attached hydrogens (primary N) is 1. The van der Waals surface area contributed by atoms with Crippen molar-refractivity contribution in [3.63, 3.8) is 0 Å². The predicted molar refractivity (Wildman–Crippen MR) is 86.1 cm³/mol. The van der Waals surface area contributed by atoms with Crippen molar-refractivity contribution in [2.45, 2.75) is 19.4 Å². The standard InChI is InChI=1S/C14H14BrClN4O/c1-8-12(19-6-5-18-8)14(2,13(17)21)20-9-3-4-11(16)10(15)7-9/h3-7,20H,1-2H3,(H2,17,21). The van der Waals surface area contributed by atoms with Gasteiger partial charge in [0.2, 0.25) is 5.91 Å². The number of carbonyl (C=O) groups excluding carboxylic acids is 1. The van der Waals surface area contributed by atoms with Crippen molar-refractivity contribution in [2.24, 2.45) is 5.73 Å². The van der Waals surface area contributed by atoms with Gasteiger partial charge in [-0.25, -0.2) is 0 Å². The van der Waals surface area contributed by atoms with Crippen molar-refractivity contribution in [1.29, 1.82) is 0 Å². The fourth-order valence-corrected chi connectivity index (χ4v) is 2.49. The van der Waals surface area contributed by atoms with Gasteiger partial charge in [-0.15, -0.1) is 0 Å². The molecule has 2 rings (SSSR count). The Labute approximate surface area is 136 Å². The molecule has 21 heavy (non-hydrogen) atoms. The van der Waals surface area contributed by atoms with Gasteiger partial charge in [0, 0.05) is 22.6 Å².